The largest absolute Gasteiger partial charge is 0.383 e. The molecule has 2 aromatic rings. The van der Waals surface area contributed by atoms with Gasteiger partial charge in [-0.3, -0.25) is 5.41 Å². The van der Waals surface area contributed by atoms with Crippen molar-refractivity contribution in [3.05, 3.63) is 46.2 Å². The summed E-state index contributed by atoms with van der Waals surface area (Å²) in [6.45, 7) is 6.16. The number of halogens is 1. The molecule has 1 aromatic heterocycles. The fourth-order valence-electron chi connectivity index (χ4n) is 2.47. The van der Waals surface area contributed by atoms with Crippen molar-refractivity contribution in [2.45, 2.75) is 45.1 Å². The van der Waals surface area contributed by atoms with Gasteiger partial charge in [0.2, 0.25) is 0 Å². The molecule has 0 aliphatic heterocycles. The van der Waals surface area contributed by atoms with E-state index in [1.54, 1.807) is 24.3 Å². The molecule has 0 spiro atoms. The molecule has 5 nitrogen and oxygen atoms in total. The van der Waals surface area contributed by atoms with Crippen LogP contribution < -0.4 is 11.1 Å². The Morgan fingerprint density at radius 2 is 1.83 bits per heavy atom. The highest BCUT2D eigenvalue weighted by molar-refractivity contribution is 6.30. The molecule has 126 valence electrons. The summed E-state index contributed by atoms with van der Waals surface area (Å²) in [6.07, 6.45) is 2.20. The number of hydrogen-bond acceptors (Lipinski definition) is 5. The number of nitrogens with one attached hydrogen (secondary N) is 2. The van der Waals surface area contributed by atoms with E-state index in [4.69, 9.17) is 22.7 Å². The van der Waals surface area contributed by atoms with Gasteiger partial charge in [0.15, 0.2) is 0 Å². The highest BCUT2D eigenvalue weighted by atomic mass is 35.5. The molecule has 1 aliphatic carbocycles. The third-order valence-corrected chi connectivity index (χ3v) is 4.03. The maximum atomic E-state index is 8.58. The summed E-state index contributed by atoms with van der Waals surface area (Å²) in [5, 5.41) is 12.6. The summed E-state index contributed by atoms with van der Waals surface area (Å²) < 4.78 is 0. The van der Waals surface area contributed by atoms with Crippen LogP contribution in [-0.4, -0.2) is 21.2 Å². The van der Waals surface area contributed by atoms with E-state index in [0.29, 0.717) is 33.9 Å². The van der Waals surface area contributed by atoms with E-state index in [1.165, 1.54) is 0 Å². The first-order chi connectivity index (χ1) is 11.2. The molecule has 6 heteroatoms. The third-order valence-electron chi connectivity index (χ3n) is 3.77. The maximum Gasteiger partial charge on any atom is 0.141 e. The lowest BCUT2D eigenvalue weighted by atomic mass is 10.0. The molecule has 0 radical (unpaired) electrons. The van der Waals surface area contributed by atoms with E-state index in [0.717, 1.165) is 24.2 Å². The van der Waals surface area contributed by atoms with Crippen LogP contribution in [0.2, 0.25) is 5.02 Å². The maximum absolute atomic E-state index is 8.58. The van der Waals surface area contributed by atoms with Crippen LogP contribution in [0.4, 0.5) is 11.6 Å². The number of hydrogen-bond donors (Lipinski definition) is 3. The van der Waals surface area contributed by atoms with E-state index < -0.39 is 0 Å². The predicted octanol–water partition coefficient (Wildman–Crippen LogP) is 4.22. The molecule has 3 rings (SSSR count). The quantitative estimate of drug-likeness (QED) is 0.725. The number of nitrogen functional groups attached to an aromatic ring is 1. The zero-order valence-electron chi connectivity index (χ0n) is 14.2. The average Bonchev–Trinajstić information content (AvgIpc) is 3.30. The molecule has 0 amide bonds. The van der Waals surface area contributed by atoms with Crippen molar-refractivity contribution in [2.24, 2.45) is 0 Å². The van der Waals surface area contributed by atoms with Crippen LogP contribution in [0.1, 0.15) is 56.5 Å². The normalized spacial score (nSPS) is 14.5. The van der Waals surface area contributed by atoms with Crippen LogP contribution in [0.3, 0.4) is 0 Å². The third kappa shape index (κ3) is 3.67. The van der Waals surface area contributed by atoms with Gasteiger partial charge in [-0.25, -0.2) is 9.97 Å². The molecule has 4 N–H and O–H groups in total. The van der Waals surface area contributed by atoms with E-state index in [2.05, 4.69) is 36.1 Å². The average molecular weight is 344 g/mol. The molecule has 1 heterocycles. The Bertz CT molecular complexity index is 773. The second kappa shape index (κ2) is 6.06. The van der Waals surface area contributed by atoms with Crippen molar-refractivity contribution in [1.29, 1.82) is 5.41 Å². The highest BCUT2D eigenvalue weighted by Gasteiger charge is 2.30. The van der Waals surface area contributed by atoms with Crippen molar-refractivity contribution in [3.63, 3.8) is 0 Å². The van der Waals surface area contributed by atoms with Crippen LogP contribution >= 0.6 is 11.6 Å². The second-order valence-electron chi connectivity index (χ2n) is 7.22. The Kier molecular flexibility index (Phi) is 4.22. The van der Waals surface area contributed by atoms with Crippen LogP contribution in [0.5, 0.6) is 0 Å². The Morgan fingerprint density at radius 1 is 1.21 bits per heavy atom. The topological polar surface area (TPSA) is 87.7 Å². The minimum atomic E-state index is -0.198. The molecular formula is C18H22ClN5. The van der Waals surface area contributed by atoms with Gasteiger partial charge in [0.25, 0.3) is 0 Å². The minimum absolute atomic E-state index is 0.198. The molecule has 0 unspecified atom stereocenters. The summed E-state index contributed by atoms with van der Waals surface area (Å²) >= 11 is 5.94. The van der Waals surface area contributed by atoms with Gasteiger partial charge in [-0.05, 0) is 45.7 Å². The van der Waals surface area contributed by atoms with Crippen molar-refractivity contribution < 1.29 is 0 Å². The van der Waals surface area contributed by atoms with Gasteiger partial charge >= 0.3 is 0 Å². The summed E-state index contributed by atoms with van der Waals surface area (Å²) in [5.41, 5.74) is 7.58. The number of nitrogens with two attached hydrogens (primary N) is 1. The van der Waals surface area contributed by atoms with E-state index in [9.17, 15) is 0 Å². The lowest BCUT2D eigenvalue weighted by Gasteiger charge is -2.24. The Balaban J connectivity index is 2.07. The van der Waals surface area contributed by atoms with Gasteiger partial charge < -0.3 is 11.1 Å². The van der Waals surface area contributed by atoms with Gasteiger partial charge in [0.05, 0.1) is 11.3 Å². The van der Waals surface area contributed by atoms with Crippen molar-refractivity contribution in [1.82, 2.24) is 9.97 Å². The minimum Gasteiger partial charge on any atom is -0.383 e. The first-order valence-corrected chi connectivity index (χ1v) is 8.43. The van der Waals surface area contributed by atoms with Gasteiger partial charge in [-0.1, -0.05) is 23.7 Å². The summed E-state index contributed by atoms with van der Waals surface area (Å²) in [6, 6.07) is 7.13. The van der Waals surface area contributed by atoms with E-state index in [1.807, 2.05) is 0 Å². The highest BCUT2D eigenvalue weighted by Crippen LogP contribution is 2.40. The van der Waals surface area contributed by atoms with Crippen LogP contribution in [0, 0.1) is 5.41 Å². The monoisotopic (exact) mass is 343 g/mol. The molecule has 0 atom stereocenters. The Hall–Kier alpha value is -2.14. The number of nitrogens with zero attached hydrogens (tertiary/aromatic N) is 2. The molecular weight excluding hydrogens is 322 g/mol. The number of anilines is 2. The lowest BCUT2D eigenvalue weighted by Crippen LogP contribution is -2.29. The standard InChI is InChI=1S/C18H22ClN5/c1-18(2,3)24-17-13(14(20)10-6-8-12(19)9-7-10)15(21)22-16(23-17)11-4-5-11/h6-9,11,20H,4-5H2,1-3H3,(H3,21,22,23,24). The fourth-order valence-corrected chi connectivity index (χ4v) is 2.60. The zero-order chi connectivity index (χ0) is 17.5. The zero-order valence-corrected chi connectivity index (χ0v) is 14.9. The van der Waals surface area contributed by atoms with Crippen molar-refractivity contribution in [2.75, 3.05) is 11.1 Å². The lowest BCUT2D eigenvalue weighted by molar-refractivity contribution is 0.628. The molecule has 0 bridgehead atoms. The van der Waals surface area contributed by atoms with E-state index >= 15 is 0 Å². The van der Waals surface area contributed by atoms with Gasteiger partial charge in [-0.15, -0.1) is 0 Å². The molecule has 1 aliphatic rings. The second-order valence-corrected chi connectivity index (χ2v) is 7.66. The Morgan fingerprint density at radius 3 is 2.38 bits per heavy atom. The number of aromatic nitrogens is 2. The first kappa shape index (κ1) is 16.7. The van der Waals surface area contributed by atoms with Gasteiger partial charge in [0, 0.05) is 22.0 Å². The summed E-state index contributed by atoms with van der Waals surface area (Å²) in [7, 11) is 0. The SMILES string of the molecule is CC(C)(C)Nc1nc(C2CC2)nc(N)c1C(=N)c1ccc(Cl)cc1. The van der Waals surface area contributed by atoms with Gasteiger partial charge in [-0.2, -0.15) is 0 Å². The van der Waals surface area contributed by atoms with Crippen molar-refractivity contribution >= 4 is 28.9 Å². The van der Waals surface area contributed by atoms with Crippen molar-refractivity contribution in [3.8, 4) is 0 Å². The van der Waals surface area contributed by atoms with E-state index in [-0.39, 0.29) is 5.54 Å². The summed E-state index contributed by atoms with van der Waals surface area (Å²) in [5.74, 6) is 2.13. The van der Waals surface area contributed by atoms with Crippen LogP contribution in [0.25, 0.3) is 0 Å². The fraction of sp³-hybridized carbons (Fsp3) is 0.389. The molecule has 0 saturated heterocycles. The number of benzene rings is 1. The van der Waals surface area contributed by atoms with Gasteiger partial charge in [0.1, 0.15) is 17.5 Å². The Labute approximate surface area is 147 Å². The molecule has 1 fully saturated rings. The smallest absolute Gasteiger partial charge is 0.141 e. The first-order valence-electron chi connectivity index (χ1n) is 8.05. The molecule has 1 saturated carbocycles. The molecule has 1 aromatic carbocycles. The van der Waals surface area contributed by atoms with Crippen LogP contribution in [0.15, 0.2) is 24.3 Å². The number of rotatable bonds is 4. The summed E-state index contributed by atoms with van der Waals surface area (Å²) in [4.78, 5) is 9.13. The predicted molar refractivity (Wildman–Crippen MR) is 99.2 cm³/mol. The molecule has 24 heavy (non-hydrogen) atoms. The van der Waals surface area contributed by atoms with Crippen LogP contribution in [-0.2, 0) is 0 Å².